The number of carbonyl (C=O) groups is 1. The summed E-state index contributed by atoms with van der Waals surface area (Å²) in [6, 6.07) is -0.249. The van der Waals surface area contributed by atoms with Crippen LogP contribution in [0, 0.1) is 23.7 Å². The van der Waals surface area contributed by atoms with Crippen LogP contribution >= 0.6 is 0 Å². The van der Waals surface area contributed by atoms with Crippen LogP contribution in [0.2, 0.25) is 0 Å². The maximum Gasteiger partial charge on any atom is 0.311 e. The maximum atomic E-state index is 14.1. The molecule has 0 radical (unpaired) electrons. The maximum absolute atomic E-state index is 14.1. The van der Waals surface area contributed by atoms with Crippen molar-refractivity contribution in [1.29, 1.82) is 0 Å². The number of hydrogen-bond acceptors (Lipinski definition) is 12. The van der Waals surface area contributed by atoms with E-state index in [9.17, 15) is 20.1 Å². The topological polar surface area (TPSA) is 154 Å². The van der Waals surface area contributed by atoms with Crippen LogP contribution in [0.5, 0.6) is 0 Å². The monoisotopic (exact) mass is 687 g/mol. The summed E-state index contributed by atoms with van der Waals surface area (Å²) in [6.45, 7) is 18.9. The normalized spacial score (nSPS) is 52.6. The predicted octanol–water partition coefficient (Wildman–Crippen LogP) is 3.31. The summed E-state index contributed by atoms with van der Waals surface area (Å²) < 4.78 is 45.0. The second-order valence-corrected chi connectivity index (χ2v) is 16.1. The number of rotatable bonds is 7. The Bertz CT molecular complexity index is 1080. The molecule has 0 aliphatic carbocycles. The van der Waals surface area contributed by atoms with Crippen molar-refractivity contribution >= 4 is 5.97 Å². The first-order valence-corrected chi connectivity index (χ1v) is 18.1. The molecule has 4 fully saturated rings. The number of hydrogen-bond donors (Lipinski definition) is 4. The Balaban J connectivity index is 1.82. The number of fused-ring (bicyclic) bond motifs is 2. The van der Waals surface area contributed by atoms with Crippen LogP contribution in [0.4, 0.5) is 0 Å². The highest BCUT2D eigenvalue weighted by atomic mass is 16.7. The molecule has 0 unspecified atom stereocenters. The molecule has 4 rings (SSSR count). The van der Waals surface area contributed by atoms with Crippen LogP contribution in [0.1, 0.15) is 101 Å². The zero-order valence-electron chi connectivity index (χ0n) is 31.3. The Morgan fingerprint density at radius 3 is 2.21 bits per heavy atom. The molecular formula is C36H65NO11. The highest BCUT2D eigenvalue weighted by molar-refractivity contribution is 5.73. The fourth-order valence-corrected chi connectivity index (χ4v) is 9.05. The van der Waals surface area contributed by atoms with Gasteiger partial charge in [0.05, 0.1) is 53.7 Å². The van der Waals surface area contributed by atoms with Crippen LogP contribution < -0.4 is 5.32 Å². The molecule has 18 atom stereocenters. The lowest BCUT2D eigenvalue weighted by Gasteiger charge is -2.47. The second kappa shape index (κ2) is 15.4. The molecule has 4 heterocycles. The molecule has 0 aromatic carbocycles. The van der Waals surface area contributed by atoms with Gasteiger partial charge in [0.1, 0.15) is 17.8 Å². The molecule has 4 aliphatic heterocycles. The number of methoxy groups -OCH3 is 1. The third kappa shape index (κ3) is 8.08. The lowest BCUT2D eigenvalue weighted by Crippen LogP contribution is -2.59. The lowest BCUT2D eigenvalue weighted by atomic mass is 9.76. The van der Waals surface area contributed by atoms with Crippen molar-refractivity contribution in [2.45, 2.75) is 186 Å². The summed E-state index contributed by atoms with van der Waals surface area (Å²) in [5, 5.41) is 38.0. The van der Waals surface area contributed by atoms with E-state index < -0.39 is 89.7 Å². The third-order valence-corrected chi connectivity index (χ3v) is 11.9. The summed E-state index contributed by atoms with van der Waals surface area (Å²) in [4.78, 5) is 14.1. The second-order valence-electron chi connectivity index (χ2n) is 16.1. The Labute approximate surface area is 287 Å². The van der Waals surface area contributed by atoms with Gasteiger partial charge in [0.25, 0.3) is 0 Å². The van der Waals surface area contributed by atoms with Gasteiger partial charge in [0.2, 0.25) is 0 Å². The smallest absolute Gasteiger partial charge is 0.311 e. The molecule has 0 saturated carbocycles. The fraction of sp³-hybridized carbons (Fsp3) is 0.972. The van der Waals surface area contributed by atoms with Crippen LogP contribution in [0.3, 0.4) is 0 Å². The summed E-state index contributed by atoms with van der Waals surface area (Å²) >= 11 is 0. The van der Waals surface area contributed by atoms with Gasteiger partial charge >= 0.3 is 5.97 Å². The van der Waals surface area contributed by atoms with Crippen molar-refractivity contribution in [3.63, 3.8) is 0 Å². The lowest BCUT2D eigenvalue weighted by molar-refractivity contribution is -0.308. The molecule has 0 aromatic heterocycles. The third-order valence-electron chi connectivity index (χ3n) is 11.9. The molecule has 0 spiro atoms. The van der Waals surface area contributed by atoms with Crippen molar-refractivity contribution < 1.29 is 53.3 Å². The summed E-state index contributed by atoms with van der Waals surface area (Å²) in [7, 11) is 3.48. The standard InChI is InChI=1S/C36H65NO11/c1-13-25-36(10,41)30(39)21(5)28-18(2)15-35(9,48-28)31(47-33-27(38)24(37-11)14-19(3)44-33)22(6)29(23(7)32(40)45-25)46-26-17-34(8,42-12)16-20(4)43-26/h18-31,33,37-39,41H,13-17H2,1-12H3/t18-,19-,20+,21-,22+,23-,24+,25+,26+,27-,28-,29+,30-,31-,33+,34+,35-,36-/m1/s1. The minimum atomic E-state index is -1.75. The quantitative estimate of drug-likeness (QED) is 0.291. The Morgan fingerprint density at radius 2 is 1.60 bits per heavy atom. The zero-order chi connectivity index (χ0) is 35.9. The van der Waals surface area contributed by atoms with Crippen molar-refractivity contribution in [3.05, 3.63) is 0 Å². The van der Waals surface area contributed by atoms with Crippen LogP contribution in [0.25, 0.3) is 0 Å². The molecule has 2 bridgehead atoms. The number of nitrogens with one attached hydrogen (secondary N) is 1. The summed E-state index contributed by atoms with van der Waals surface area (Å²) in [5.74, 6) is -2.47. The first-order chi connectivity index (χ1) is 22.3. The molecule has 0 aromatic rings. The van der Waals surface area contributed by atoms with Gasteiger partial charge in [-0.05, 0) is 73.8 Å². The average Bonchev–Trinajstić information content (AvgIpc) is 3.34. The zero-order valence-corrected chi connectivity index (χ0v) is 31.3. The number of cyclic esters (lactones) is 1. The van der Waals surface area contributed by atoms with E-state index in [2.05, 4.69) is 12.2 Å². The number of likely N-dealkylation sites (N-methyl/N-ethyl adjacent to an activating group) is 1. The minimum absolute atomic E-state index is 0.0257. The number of aliphatic hydroxyl groups is 3. The Morgan fingerprint density at radius 1 is 0.938 bits per heavy atom. The SMILES string of the molecule is CC[C@@H]1OC(=O)[C@H](C)[C@@H](O[C@H]2C[C@@](C)(OC)C[C@H](C)O2)[C@H](C)[C@@H](O[C@@H]2O[C@H](C)C[C@H](NC)[C@H]2O)[C@@]2(C)C[C@@H](C)[C@@H](O2)[C@@H](C)[C@@H](O)[C@]1(C)O. The molecule has 4 aliphatic rings. The van der Waals surface area contributed by atoms with Gasteiger partial charge in [0, 0.05) is 37.8 Å². The molecule has 12 nitrogen and oxygen atoms in total. The fourth-order valence-electron chi connectivity index (χ4n) is 9.05. The van der Waals surface area contributed by atoms with Crippen LogP contribution in [0.15, 0.2) is 0 Å². The van der Waals surface area contributed by atoms with Gasteiger partial charge in [-0.25, -0.2) is 0 Å². The summed E-state index contributed by atoms with van der Waals surface area (Å²) in [6.07, 6.45) is -4.62. The molecular weight excluding hydrogens is 622 g/mol. The van der Waals surface area contributed by atoms with E-state index in [1.54, 1.807) is 21.1 Å². The Kier molecular flexibility index (Phi) is 12.7. The van der Waals surface area contributed by atoms with Crippen molar-refractivity contribution in [2.24, 2.45) is 23.7 Å². The van der Waals surface area contributed by atoms with Gasteiger partial charge in [-0.1, -0.05) is 27.7 Å². The first-order valence-electron chi connectivity index (χ1n) is 18.1. The Hall–Kier alpha value is -0.930. The van der Waals surface area contributed by atoms with Gasteiger partial charge in [-0.3, -0.25) is 4.79 Å². The predicted molar refractivity (Wildman–Crippen MR) is 178 cm³/mol. The van der Waals surface area contributed by atoms with E-state index in [1.807, 2.05) is 48.5 Å². The molecule has 280 valence electrons. The number of carbonyl (C=O) groups excluding carboxylic acids is 1. The van der Waals surface area contributed by atoms with Gasteiger partial charge in [-0.2, -0.15) is 0 Å². The van der Waals surface area contributed by atoms with Crippen molar-refractivity contribution in [3.8, 4) is 0 Å². The van der Waals surface area contributed by atoms with Gasteiger partial charge in [0.15, 0.2) is 12.6 Å². The molecule has 4 saturated heterocycles. The van der Waals surface area contributed by atoms with Crippen LogP contribution in [-0.2, 0) is 38.0 Å². The average molecular weight is 688 g/mol. The van der Waals surface area contributed by atoms with Gasteiger partial charge < -0.3 is 53.8 Å². The van der Waals surface area contributed by atoms with E-state index in [-0.39, 0.29) is 30.6 Å². The van der Waals surface area contributed by atoms with E-state index in [1.165, 1.54) is 6.92 Å². The van der Waals surface area contributed by atoms with E-state index in [0.717, 1.165) is 0 Å². The van der Waals surface area contributed by atoms with E-state index in [4.69, 9.17) is 33.2 Å². The molecule has 0 amide bonds. The van der Waals surface area contributed by atoms with Crippen molar-refractivity contribution in [2.75, 3.05) is 14.2 Å². The molecule has 4 N–H and O–H groups in total. The highest BCUT2D eigenvalue weighted by Crippen LogP contribution is 2.47. The van der Waals surface area contributed by atoms with E-state index >= 15 is 0 Å². The summed E-state index contributed by atoms with van der Waals surface area (Å²) in [5.41, 5.74) is -3.19. The first kappa shape index (κ1) is 39.8. The minimum Gasteiger partial charge on any atom is -0.459 e. The number of ether oxygens (including phenoxy) is 7. The largest absolute Gasteiger partial charge is 0.459 e. The van der Waals surface area contributed by atoms with E-state index in [0.29, 0.717) is 25.7 Å². The highest BCUT2D eigenvalue weighted by Gasteiger charge is 2.57. The number of esters is 1. The van der Waals surface area contributed by atoms with Crippen LogP contribution in [-0.4, -0.2) is 120 Å². The van der Waals surface area contributed by atoms with Gasteiger partial charge in [-0.15, -0.1) is 0 Å². The number of aliphatic hydroxyl groups excluding tert-OH is 2. The molecule has 12 heteroatoms. The molecule has 48 heavy (non-hydrogen) atoms. The van der Waals surface area contributed by atoms with Crippen molar-refractivity contribution in [1.82, 2.24) is 5.32 Å².